The lowest BCUT2D eigenvalue weighted by Crippen LogP contribution is -2.49. The van der Waals surface area contributed by atoms with E-state index in [1.165, 1.54) is 0 Å². The van der Waals surface area contributed by atoms with Gasteiger partial charge in [-0.2, -0.15) is 0 Å². The SMILES string of the molecule is COCCC1COCCN1C(=O)c1cccc(CO)c1. The second kappa shape index (κ2) is 7.38. The van der Waals surface area contributed by atoms with Crippen molar-refractivity contribution in [3.05, 3.63) is 35.4 Å². The highest BCUT2D eigenvalue weighted by atomic mass is 16.5. The summed E-state index contributed by atoms with van der Waals surface area (Å²) < 4.78 is 10.5. The summed E-state index contributed by atoms with van der Waals surface area (Å²) in [6, 6.07) is 7.17. The lowest BCUT2D eigenvalue weighted by atomic mass is 10.1. The number of carbonyl (C=O) groups excluding carboxylic acids is 1. The van der Waals surface area contributed by atoms with Crippen LogP contribution in [0.1, 0.15) is 22.3 Å². The molecular formula is C15H21NO4. The molecule has 5 heteroatoms. The van der Waals surface area contributed by atoms with Crippen LogP contribution in [-0.4, -0.2) is 55.4 Å². The molecule has 110 valence electrons. The van der Waals surface area contributed by atoms with Gasteiger partial charge < -0.3 is 19.5 Å². The Hall–Kier alpha value is -1.43. The first-order valence-corrected chi connectivity index (χ1v) is 6.83. The number of nitrogens with zero attached hydrogens (tertiary/aromatic N) is 1. The Morgan fingerprint density at radius 1 is 1.55 bits per heavy atom. The second-order valence-electron chi connectivity index (χ2n) is 4.87. The summed E-state index contributed by atoms with van der Waals surface area (Å²) >= 11 is 0. The van der Waals surface area contributed by atoms with Crippen molar-refractivity contribution in [3.63, 3.8) is 0 Å². The molecule has 1 saturated heterocycles. The Labute approximate surface area is 119 Å². The first-order valence-electron chi connectivity index (χ1n) is 6.83. The fourth-order valence-corrected chi connectivity index (χ4v) is 2.38. The number of hydrogen-bond donors (Lipinski definition) is 1. The summed E-state index contributed by atoms with van der Waals surface area (Å²) in [4.78, 5) is 14.4. The minimum atomic E-state index is -0.0582. The number of amides is 1. The number of ether oxygens (including phenoxy) is 2. The van der Waals surface area contributed by atoms with Crippen LogP contribution < -0.4 is 0 Å². The second-order valence-corrected chi connectivity index (χ2v) is 4.87. The van der Waals surface area contributed by atoms with Crippen LogP contribution in [0.25, 0.3) is 0 Å². The minimum absolute atomic E-state index is 0.00953. The van der Waals surface area contributed by atoms with Gasteiger partial charge in [-0.3, -0.25) is 4.79 Å². The van der Waals surface area contributed by atoms with Crippen molar-refractivity contribution in [1.29, 1.82) is 0 Å². The topological polar surface area (TPSA) is 59.0 Å². The zero-order valence-corrected chi connectivity index (χ0v) is 11.7. The van der Waals surface area contributed by atoms with Crippen LogP contribution in [0, 0.1) is 0 Å². The molecule has 1 amide bonds. The Bertz CT molecular complexity index is 449. The first kappa shape index (κ1) is 15.0. The molecule has 1 heterocycles. The van der Waals surface area contributed by atoms with Gasteiger partial charge in [-0.05, 0) is 24.1 Å². The monoisotopic (exact) mass is 279 g/mol. The van der Waals surface area contributed by atoms with Crippen LogP contribution in [-0.2, 0) is 16.1 Å². The van der Waals surface area contributed by atoms with E-state index in [1.54, 1.807) is 31.4 Å². The zero-order chi connectivity index (χ0) is 14.4. The van der Waals surface area contributed by atoms with Gasteiger partial charge in [0.1, 0.15) is 0 Å². The van der Waals surface area contributed by atoms with E-state index < -0.39 is 0 Å². The Kier molecular flexibility index (Phi) is 5.52. The van der Waals surface area contributed by atoms with E-state index in [9.17, 15) is 4.79 Å². The number of rotatable bonds is 5. The first-order chi connectivity index (χ1) is 9.76. The summed E-state index contributed by atoms with van der Waals surface area (Å²) in [6.45, 7) is 2.26. The summed E-state index contributed by atoms with van der Waals surface area (Å²) in [5, 5.41) is 9.16. The fraction of sp³-hybridized carbons (Fsp3) is 0.533. The molecule has 1 aromatic carbocycles. The van der Waals surface area contributed by atoms with Gasteiger partial charge in [0.25, 0.3) is 5.91 Å². The smallest absolute Gasteiger partial charge is 0.254 e. The molecule has 0 saturated carbocycles. The maximum Gasteiger partial charge on any atom is 0.254 e. The quantitative estimate of drug-likeness (QED) is 0.875. The summed E-state index contributed by atoms with van der Waals surface area (Å²) in [7, 11) is 1.65. The summed E-state index contributed by atoms with van der Waals surface area (Å²) in [5.74, 6) is -0.00953. The van der Waals surface area contributed by atoms with Crippen molar-refractivity contribution in [1.82, 2.24) is 4.90 Å². The largest absolute Gasteiger partial charge is 0.392 e. The maximum absolute atomic E-state index is 12.6. The van der Waals surface area contributed by atoms with Crippen LogP contribution >= 0.6 is 0 Å². The normalized spacial score (nSPS) is 19.1. The van der Waals surface area contributed by atoms with Gasteiger partial charge in [-0.15, -0.1) is 0 Å². The van der Waals surface area contributed by atoms with Crippen molar-refractivity contribution in [2.45, 2.75) is 19.1 Å². The van der Waals surface area contributed by atoms with Crippen LogP contribution in [0.15, 0.2) is 24.3 Å². The van der Waals surface area contributed by atoms with Crippen molar-refractivity contribution in [2.75, 3.05) is 33.5 Å². The predicted octanol–water partition coefficient (Wildman–Crippen LogP) is 1.06. The molecule has 20 heavy (non-hydrogen) atoms. The highest BCUT2D eigenvalue weighted by Crippen LogP contribution is 2.16. The molecule has 0 spiro atoms. The van der Waals surface area contributed by atoms with Crippen molar-refractivity contribution >= 4 is 5.91 Å². The number of hydrogen-bond acceptors (Lipinski definition) is 4. The van der Waals surface area contributed by atoms with Gasteiger partial charge in [0.05, 0.1) is 25.9 Å². The molecule has 0 radical (unpaired) electrons. The maximum atomic E-state index is 12.6. The lowest BCUT2D eigenvalue weighted by Gasteiger charge is -2.35. The summed E-state index contributed by atoms with van der Waals surface area (Å²) in [5.41, 5.74) is 1.36. The van der Waals surface area contributed by atoms with E-state index in [0.29, 0.717) is 31.9 Å². The van der Waals surface area contributed by atoms with Gasteiger partial charge in [0.15, 0.2) is 0 Å². The van der Waals surface area contributed by atoms with Gasteiger partial charge in [0, 0.05) is 25.8 Å². The molecule has 0 bridgehead atoms. The van der Waals surface area contributed by atoms with Gasteiger partial charge >= 0.3 is 0 Å². The Morgan fingerprint density at radius 3 is 3.15 bits per heavy atom. The van der Waals surface area contributed by atoms with Gasteiger partial charge in [0.2, 0.25) is 0 Å². The number of benzene rings is 1. The fourth-order valence-electron chi connectivity index (χ4n) is 2.38. The van der Waals surface area contributed by atoms with E-state index in [4.69, 9.17) is 14.6 Å². The van der Waals surface area contributed by atoms with Crippen molar-refractivity contribution in [2.24, 2.45) is 0 Å². The third-order valence-electron chi connectivity index (χ3n) is 3.50. The van der Waals surface area contributed by atoms with E-state index in [1.807, 2.05) is 4.90 Å². The third-order valence-corrected chi connectivity index (χ3v) is 3.50. The predicted molar refractivity (Wildman–Crippen MR) is 74.5 cm³/mol. The molecule has 0 aromatic heterocycles. The van der Waals surface area contributed by atoms with Crippen LogP contribution in [0.2, 0.25) is 0 Å². The lowest BCUT2D eigenvalue weighted by molar-refractivity contribution is -0.0104. The zero-order valence-electron chi connectivity index (χ0n) is 11.7. The van der Waals surface area contributed by atoms with E-state index in [2.05, 4.69) is 0 Å². The average molecular weight is 279 g/mol. The molecule has 1 atom stereocenters. The molecule has 0 aliphatic carbocycles. The summed E-state index contributed by atoms with van der Waals surface area (Å²) in [6.07, 6.45) is 0.766. The number of aliphatic hydroxyl groups is 1. The molecule has 5 nitrogen and oxygen atoms in total. The van der Waals surface area contributed by atoms with Crippen LogP contribution in [0.3, 0.4) is 0 Å². The van der Waals surface area contributed by atoms with Crippen molar-refractivity contribution in [3.8, 4) is 0 Å². The van der Waals surface area contributed by atoms with E-state index in [0.717, 1.165) is 12.0 Å². The molecule has 1 fully saturated rings. The highest BCUT2D eigenvalue weighted by molar-refractivity contribution is 5.94. The van der Waals surface area contributed by atoms with Crippen molar-refractivity contribution < 1.29 is 19.4 Å². The Balaban J connectivity index is 2.11. The van der Waals surface area contributed by atoms with Gasteiger partial charge in [-0.1, -0.05) is 12.1 Å². The number of methoxy groups -OCH3 is 1. The highest BCUT2D eigenvalue weighted by Gasteiger charge is 2.27. The van der Waals surface area contributed by atoms with Crippen LogP contribution in [0.4, 0.5) is 0 Å². The number of morpholine rings is 1. The third kappa shape index (κ3) is 3.56. The van der Waals surface area contributed by atoms with E-state index >= 15 is 0 Å². The molecule has 2 rings (SSSR count). The molecule has 1 aromatic rings. The molecule has 1 N–H and O–H groups in total. The van der Waals surface area contributed by atoms with Gasteiger partial charge in [-0.25, -0.2) is 0 Å². The number of carbonyl (C=O) groups is 1. The molecule has 1 unspecified atom stereocenters. The Morgan fingerprint density at radius 2 is 2.40 bits per heavy atom. The standard InChI is InChI=1S/C15H21NO4/c1-19-7-5-14-11-20-8-6-16(14)15(18)13-4-2-3-12(9-13)10-17/h2-4,9,14,17H,5-8,10-11H2,1H3. The minimum Gasteiger partial charge on any atom is -0.392 e. The molecule has 1 aliphatic rings. The van der Waals surface area contributed by atoms with Crippen LogP contribution in [0.5, 0.6) is 0 Å². The van der Waals surface area contributed by atoms with E-state index in [-0.39, 0.29) is 18.6 Å². The average Bonchev–Trinajstić information content (AvgIpc) is 2.52. The number of aliphatic hydroxyl groups excluding tert-OH is 1. The molecule has 1 aliphatic heterocycles. The molecular weight excluding hydrogens is 258 g/mol.